The van der Waals surface area contributed by atoms with Crippen LogP contribution in [-0.4, -0.2) is 44.0 Å². The summed E-state index contributed by atoms with van der Waals surface area (Å²) in [6, 6.07) is 13.0. The van der Waals surface area contributed by atoms with Gasteiger partial charge in [-0.25, -0.2) is 12.8 Å². The number of carbonyl (C=O) groups excluding carboxylic acids is 1. The Bertz CT molecular complexity index is 965. The molecule has 0 saturated carbocycles. The van der Waals surface area contributed by atoms with Crippen LogP contribution < -0.4 is 5.32 Å². The van der Waals surface area contributed by atoms with Crippen molar-refractivity contribution in [3.63, 3.8) is 0 Å². The van der Waals surface area contributed by atoms with Gasteiger partial charge in [-0.1, -0.05) is 24.3 Å². The van der Waals surface area contributed by atoms with Gasteiger partial charge >= 0.3 is 0 Å². The fourth-order valence-electron chi connectivity index (χ4n) is 3.48. The summed E-state index contributed by atoms with van der Waals surface area (Å²) in [7, 11) is -3.73. The maximum absolute atomic E-state index is 13.1. The molecule has 0 aromatic heterocycles. The van der Waals surface area contributed by atoms with Gasteiger partial charge in [-0.05, 0) is 55.2 Å². The van der Waals surface area contributed by atoms with Crippen LogP contribution in [0.15, 0.2) is 53.4 Å². The summed E-state index contributed by atoms with van der Waals surface area (Å²) < 4.78 is 40.0. The van der Waals surface area contributed by atoms with Gasteiger partial charge in [-0.2, -0.15) is 16.1 Å². The molecule has 1 unspecified atom stereocenters. The highest BCUT2D eigenvalue weighted by Crippen LogP contribution is 2.24. The van der Waals surface area contributed by atoms with Gasteiger partial charge in [-0.15, -0.1) is 0 Å². The Kier molecular flexibility index (Phi) is 7.91. The van der Waals surface area contributed by atoms with E-state index in [4.69, 9.17) is 0 Å². The molecule has 1 fully saturated rings. The van der Waals surface area contributed by atoms with Crippen molar-refractivity contribution < 1.29 is 17.6 Å². The van der Waals surface area contributed by atoms with Gasteiger partial charge in [0.1, 0.15) is 5.82 Å². The van der Waals surface area contributed by atoms with Crippen molar-refractivity contribution in [1.29, 1.82) is 0 Å². The summed E-state index contributed by atoms with van der Waals surface area (Å²) in [6.07, 6.45) is 1.29. The summed E-state index contributed by atoms with van der Waals surface area (Å²) in [6.45, 7) is 3.17. The minimum Gasteiger partial charge on any atom is -0.355 e. The van der Waals surface area contributed by atoms with Crippen LogP contribution in [0.3, 0.4) is 0 Å². The lowest BCUT2D eigenvalue weighted by molar-refractivity contribution is -0.125. The van der Waals surface area contributed by atoms with Gasteiger partial charge in [0.05, 0.1) is 10.8 Å². The Balaban J connectivity index is 1.47. The third-order valence-electron chi connectivity index (χ3n) is 5.27. The fourth-order valence-corrected chi connectivity index (χ4v) is 5.93. The molecule has 1 saturated heterocycles. The van der Waals surface area contributed by atoms with Crippen LogP contribution in [0.25, 0.3) is 0 Å². The molecular formula is C22H27FN2O3S2. The van der Waals surface area contributed by atoms with Gasteiger partial charge in [0, 0.05) is 31.1 Å². The van der Waals surface area contributed by atoms with Crippen LogP contribution in [0.5, 0.6) is 0 Å². The van der Waals surface area contributed by atoms with E-state index in [1.165, 1.54) is 27.6 Å². The van der Waals surface area contributed by atoms with Gasteiger partial charge in [0.25, 0.3) is 0 Å². The Hall–Kier alpha value is -1.90. The highest BCUT2D eigenvalue weighted by Gasteiger charge is 2.33. The predicted molar refractivity (Wildman–Crippen MR) is 118 cm³/mol. The topological polar surface area (TPSA) is 66.5 Å². The maximum atomic E-state index is 13.1. The van der Waals surface area contributed by atoms with Crippen molar-refractivity contribution in [3.05, 3.63) is 65.5 Å². The number of hydrogen-bond acceptors (Lipinski definition) is 4. The fraction of sp³-hybridized carbons (Fsp3) is 0.409. The first-order valence-electron chi connectivity index (χ1n) is 10.0. The third-order valence-corrected chi connectivity index (χ3v) is 8.16. The second-order valence-electron chi connectivity index (χ2n) is 7.43. The molecule has 30 heavy (non-hydrogen) atoms. The van der Waals surface area contributed by atoms with E-state index in [-0.39, 0.29) is 23.3 Å². The number of amides is 1. The summed E-state index contributed by atoms with van der Waals surface area (Å²) >= 11 is 1.76. The monoisotopic (exact) mass is 450 g/mol. The molecule has 8 heteroatoms. The number of sulfonamides is 1. The van der Waals surface area contributed by atoms with Crippen molar-refractivity contribution in [3.8, 4) is 0 Å². The van der Waals surface area contributed by atoms with Crippen molar-refractivity contribution >= 4 is 27.7 Å². The first-order chi connectivity index (χ1) is 14.4. The molecule has 162 valence electrons. The van der Waals surface area contributed by atoms with E-state index in [2.05, 4.69) is 24.4 Å². The molecule has 1 N–H and O–H groups in total. The molecule has 1 amide bonds. The predicted octanol–water partition coefficient (Wildman–Crippen LogP) is 3.58. The lowest BCUT2D eigenvalue weighted by atomic mass is 9.99. The number of nitrogens with one attached hydrogen (secondary N) is 1. The molecule has 1 aliphatic heterocycles. The van der Waals surface area contributed by atoms with Crippen molar-refractivity contribution in [2.45, 2.75) is 30.4 Å². The van der Waals surface area contributed by atoms with Crippen molar-refractivity contribution in [1.82, 2.24) is 9.62 Å². The zero-order valence-corrected chi connectivity index (χ0v) is 18.6. The third kappa shape index (κ3) is 5.83. The number of piperidine rings is 1. The highest BCUT2D eigenvalue weighted by atomic mass is 32.2. The Morgan fingerprint density at radius 1 is 1.20 bits per heavy atom. The van der Waals surface area contributed by atoms with Gasteiger partial charge in [0.2, 0.25) is 15.9 Å². The summed E-state index contributed by atoms with van der Waals surface area (Å²) in [5.41, 5.74) is 2.56. The maximum Gasteiger partial charge on any atom is 0.243 e. The number of benzene rings is 2. The second kappa shape index (κ2) is 10.4. The SMILES string of the molecule is Cc1ccccc1CSCCNC(=O)C1CCCN(S(=O)(=O)c2ccc(F)cc2)C1. The van der Waals surface area contributed by atoms with Gasteiger partial charge < -0.3 is 5.32 Å². The van der Waals surface area contributed by atoms with Crippen molar-refractivity contribution in [2.75, 3.05) is 25.4 Å². The lowest BCUT2D eigenvalue weighted by Crippen LogP contribution is -2.45. The Morgan fingerprint density at radius 3 is 2.67 bits per heavy atom. The molecule has 0 bridgehead atoms. The first-order valence-corrected chi connectivity index (χ1v) is 12.6. The smallest absolute Gasteiger partial charge is 0.243 e. The first kappa shape index (κ1) is 22.8. The standard InChI is InChI=1S/C22H27FN2O3S2/c1-17-5-2-3-6-19(17)16-29-14-12-24-22(26)18-7-4-13-25(15-18)30(27,28)21-10-8-20(23)9-11-21/h2-3,5-6,8-11,18H,4,7,12-16H2,1H3,(H,24,26). The van der Waals surface area contributed by atoms with E-state index in [1.54, 1.807) is 11.8 Å². The van der Waals surface area contributed by atoms with E-state index < -0.39 is 15.8 Å². The van der Waals surface area contributed by atoms with E-state index in [0.29, 0.717) is 25.9 Å². The number of thioether (sulfide) groups is 1. The second-order valence-corrected chi connectivity index (χ2v) is 10.5. The molecule has 1 heterocycles. The summed E-state index contributed by atoms with van der Waals surface area (Å²) in [5, 5.41) is 2.94. The normalized spacial score (nSPS) is 17.6. The minimum atomic E-state index is -3.73. The van der Waals surface area contributed by atoms with E-state index in [9.17, 15) is 17.6 Å². The van der Waals surface area contributed by atoms with Crippen LogP contribution in [0.4, 0.5) is 4.39 Å². The number of halogens is 1. The number of rotatable bonds is 8. The van der Waals surface area contributed by atoms with E-state index in [1.807, 2.05) is 12.1 Å². The molecule has 1 aliphatic rings. The van der Waals surface area contributed by atoms with Crippen LogP contribution >= 0.6 is 11.8 Å². The van der Waals surface area contributed by atoms with E-state index in [0.717, 1.165) is 23.6 Å². The molecule has 0 radical (unpaired) electrons. The van der Waals surface area contributed by atoms with Crippen LogP contribution in [0.2, 0.25) is 0 Å². The molecular weight excluding hydrogens is 423 g/mol. The lowest BCUT2D eigenvalue weighted by Gasteiger charge is -2.31. The molecule has 2 aromatic carbocycles. The molecule has 2 aromatic rings. The molecule has 3 rings (SSSR count). The molecule has 0 spiro atoms. The van der Waals surface area contributed by atoms with Crippen molar-refractivity contribution in [2.24, 2.45) is 5.92 Å². The van der Waals surface area contributed by atoms with E-state index >= 15 is 0 Å². The Labute approximate surface area is 182 Å². The van der Waals surface area contributed by atoms with Crippen LogP contribution in [0, 0.1) is 18.7 Å². The zero-order valence-electron chi connectivity index (χ0n) is 17.0. The number of carbonyl (C=O) groups is 1. The number of hydrogen-bond donors (Lipinski definition) is 1. The largest absolute Gasteiger partial charge is 0.355 e. The molecule has 1 atom stereocenters. The quantitative estimate of drug-likeness (QED) is 0.625. The zero-order chi connectivity index (χ0) is 21.6. The van der Waals surface area contributed by atoms with Gasteiger partial charge in [0.15, 0.2) is 0 Å². The van der Waals surface area contributed by atoms with Crippen LogP contribution in [0.1, 0.15) is 24.0 Å². The Morgan fingerprint density at radius 2 is 1.93 bits per heavy atom. The highest BCUT2D eigenvalue weighted by molar-refractivity contribution is 7.98. The minimum absolute atomic E-state index is 0.0533. The van der Waals surface area contributed by atoms with Gasteiger partial charge in [-0.3, -0.25) is 4.79 Å². The summed E-state index contributed by atoms with van der Waals surface area (Å²) in [4.78, 5) is 12.6. The average Bonchev–Trinajstić information content (AvgIpc) is 2.75. The van der Waals surface area contributed by atoms with Crippen LogP contribution in [-0.2, 0) is 20.6 Å². The molecule has 5 nitrogen and oxygen atoms in total. The molecule has 0 aliphatic carbocycles. The average molecular weight is 451 g/mol. The number of aryl methyl sites for hydroxylation is 1. The summed E-state index contributed by atoms with van der Waals surface area (Å²) in [5.74, 6) is 0.742. The number of nitrogens with zero attached hydrogens (tertiary/aromatic N) is 1.